The van der Waals surface area contributed by atoms with Crippen LogP contribution in [-0.2, 0) is 9.47 Å². The first-order valence-corrected chi connectivity index (χ1v) is 13.3. The van der Waals surface area contributed by atoms with Gasteiger partial charge in [0.05, 0.1) is 12.2 Å². The lowest BCUT2D eigenvalue weighted by molar-refractivity contribution is 0.124. The summed E-state index contributed by atoms with van der Waals surface area (Å²) in [6.07, 6.45) is 11.1. The van der Waals surface area contributed by atoms with Crippen LogP contribution in [0.4, 0.5) is 0 Å². The Balaban J connectivity index is 3.04. The zero-order chi connectivity index (χ0) is 22.8. The summed E-state index contributed by atoms with van der Waals surface area (Å²) in [6, 6.07) is 0. The number of halogens is 2. The fourth-order valence-electron chi connectivity index (χ4n) is 3.03. The van der Waals surface area contributed by atoms with E-state index < -0.39 is 6.10 Å². The van der Waals surface area contributed by atoms with E-state index in [-0.39, 0.29) is 12.0 Å². The van der Waals surface area contributed by atoms with Crippen LogP contribution in [0.2, 0.25) is 0 Å². The van der Waals surface area contributed by atoms with E-state index >= 15 is 0 Å². The molecule has 0 spiro atoms. The zero-order valence-corrected chi connectivity index (χ0v) is 21.0. The Hall–Kier alpha value is 0.340. The molecule has 2 unspecified atom stereocenters. The second-order valence-electron chi connectivity index (χ2n) is 8.12. The molecule has 0 saturated carbocycles. The van der Waals surface area contributed by atoms with Crippen LogP contribution in [0.15, 0.2) is 0 Å². The quantitative estimate of drug-likeness (QED) is 0.110. The molecule has 188 valence electrons. The molecule has 0 bridgehead atoms. The first-order valence-electron chi connectivity index (χ1n) is 12.3. The van der Waals surface area contributed by atoms with Crippen LogP contribution < -0.4 is 10.6 Å². The van der Waals surface area contributed by atoms with E-state index in [4.69, 9.17) is 32.7 Å². The maximum absolute atomic E-state index is 9.36. The largest absolute Gasteiger partial charge is 0.392 e. The van der Waals surface area contributed by atoms with Crippen molar-refractivity contribution in [1.29, 1.82) is 0 Å². The number of hydrogen-bond acceptors (Lipinski definition) is 6. The minimum absolute atomic E-state index is 0.282. The van der Waals surface area contributed by atoms with Crippen molar-refractivity contribution in [1.82, 2.24) is 10.6 Å². The maximum Gasteiger partial charge on any atom is 0.0799 e. The minimum atomic E-state index is -0.450. The summed E-state index contributed by atoms with van der Waals surface area (Å²) < 4.78 is 11.3. The Morgan fingerprint density at radius 2 is 1.00 bits per heavy atom. The van der Waals surface area contributed by atoms with Crippen molar-refractivity contribution in [3.05, 3.63) is 0 Å². The van der Waals surface area contributed by atoms with Crippen molar-refractivity contribution >= 4 is 23.2 Å². The van der Waals surface area contributed by atoms with Crippen LogP contribution in [0.25, 0.3) is 0 Å². The summed E-state index contributed by atoms with van der Waals surface area (Å²) in [6.45, 7) is 6.91. The molecule has 0 aliphatic heterocycles. The highest BCUT2D eigenvalue weighted by molar-refractivity contribution is 6.18. The van der Waals surface area contributed by atoms with Crippen LogP contribution in [0.1, 0.15) is 70.6 Å². The minimum Gasteiger partial charge on any atom is -0.392 e. The van der Waals surface area contributed by atoms with Crippen LogP contribution in [-0.4, -0.2) is 86.8 Å². The Morgan fingerprint density at radius 3 is 1.52 bits per heavy atom. The fraction of sp³-hybridized carbons (Fsp3) is 1.00. The fourth-order valence-corrected chi connectivity index (χ4v) is 3.29. The van der Waals surface area contributed by atoms with Crippen molar-refractivity contribution in [3.8, 4) is 0 Å². The second kappa shape index (κ2) is 26.6. The van der Waals surface area contributed by atoms with Crippen molar-refractivity contribution in [2.24, 2.45) is 0 Å². The Labute approximate surface area is 200 Å². The third-order valence-electron chi connectivity index (χ3n) is 4.99. The van der Waals surface area contributed by atoms with Crippen molar-refractivity contribution in [2.75, 3.05) is 64.4 Å². The number of aliphatic hydroxyl groups excluding tert-OH is 2. The molecule has 4 N–H and O–H groups in total. The van der Waals surface area contributed by atoms with E-state index in [1.54, 1.807) is 0 Å². The predicted molar refractivity (Wildman–Crippen MR) is 132 cm³/mol. The molecule has 0 heterocycles. The molecule has 0 amide bonds. The van der Waals surface area contributed by atoms with E-state index in [2.05, 4.69) is 10.6 Å². The zero-order valence-electron chi connectivity index (χ0n) is 19.5. The third-order valence-corrected chi connectivity index (χ3v) is 5.70. The van der Waals surface area contributed by atoms with Crippen molar-refractivity contribution < 1.29 is 19.7 Å². The van der Waals surface area contributed by atoms with Gasteiger partial charge in [-0.05, 0) is 71.0 Å². The maximum atomic E-state index is 9.36. The molecule has 6 nitrogen and oxygen atoms in total. The summed E-state index contributed by atoms with van der Waals surface area (Å²) in [7, 11) is 0. The average molecular weight is 488 g/mol. The first-order chi connectivity index (χ1) is 15.2. The third kappa shape index (κ3) is 26.5. The van der Waals surface area contributed by atoms with Gasteiger partial charge < -0.3 is 30.3 Å². The highest BCUT2D eigenvalue weighted by Gasteiger charge is 2.01. The molecule has 2 atom stereocenters. The van der Waals surface area contributed by atoms with E-state index in [1.807, 2.05) is 0 Å². The van der Waals surface area contributed by atoms with E-state index in [9.17, 15) is 10.2 Å². The molecule has 31 heavy (non-hydrogen) atoms. The number of unbranched alkanes of at least 4 members (excludes halogenated alkanes) is 6. The number of ether oxygens (including phenoxy) is 2. The molecular formula is C23H48Cl2N2O4. The molecule has 0 aromatic rings. The van der Waals surface area contributed by atoms with Gasteiger partial charge in [-0.15, -0.1) is 23.2 Å². The van der Waals surface area contributed by atoms with Crippen molar-refractivity contribution in [3.63, 3.8) is 0 Å². The number of alkyl halides is 2. The molecule has 0 aromatic heterocycles. The van der Waals surface area contributed by atoms with Gasteiger partial charge in [0, 0.05) is 44.7 Å². The molecular weight excluding hydrogens is 439 g/mol. The van der Waals surface area contributed by atoms with Gasteiger partial charge in [0.1, 0.15) is 0 Å². The van der Waals surface area contributed by atoms with Gasteiger partial charge in [-0.3, -0.25) is 0 Å². The summed E-state index contributed by atoms with van der Waals surface area (Å²) in [5.74, 6) is 0.624. The number of nitrogens with one attached hydrogen (secondary N) is 2. The molecule has 0 aromatic carbocycles. The summed E-state index contributed by atoms with van der Waals surface area (Å²) in [5, 5.41) is 25.3. The first kappa shape index (κ1) is 31.3. The lowest BCUT2D eigenvalue weighted by atomic mass is 10.1. The topological polar surface area (TPSA) is 83.0 Å². The van der Waals surface area contributed by atoms with Gasteiger partial charge in [0.2, 0.25) is 0 Å². The van der Waals surface area contributed by atoms with E-state index in [0.29, 0.717) is 12.4 Å². The van der Waals surface area contributed by atoms with Gasteiger partial charge >= 0.3 is 0 Å². The molecule has 0 aliphatic rings. The van der Waals surface area contributed by atoms with Gasteiger partial charge in [0.25, 0.3) is 0 Å². The Bertz CT molecular complexity index is 315. The Kier molecular flexibility index (Phi) is 26.9. The van der Waals surface area contributed by atoms with Crippen LogP contribution >= 0.6 is 23.2 Å². The van der Waals surface area contributed by atoms with Crippen LogP contribution in [0.5, 0.6) is 0 Å². The van der Waals surface area contributed by atoms with Crippen LogP contribution in [0, 0.1) is 0 Å². The molecule has 0 radical (unpaired) electrons. The highest BCUT2D eigenvalue weighted by atomic mass is 35.5. The van der Waals surface area contributed by atoms with E-state index in [0.717, 1.165) is 117 Å². The van der Waals surface area contributed by atoms with Gasteiger partial charge in [-0.2, -0.15) is 0 Å². The molecule has 0 fully saturated rings. The summed E-state index contributed by atoms with van der Waals surface area (Å²) in [5.41, 5.74) is 0. The SMILES string of the molecule is OC(CCl)CCCCCCOCCCCNCCCCOCCCCNCC(O)CCl. The number of rotatable bonds is 26. The summed E-state index contributed by atoms with van der Waals surface area (Å²) >= 11 is 11.1. The van der Waals surface area contributed by atoms with Crippen molar-refractivity contribution in [2.45, 2.75) is 82.8 Å². The van der Waals surface area contributed by atoms with Crippen LogP contribution in [0.3, 0.4) is 0 Å². The lowest BCUT2D eigenvalue weighted by Gasteiger charge is -2.09. The average Bonchev–Trinajstić information content (AvgIpc) is 2.79. The predicted octanol–water partition coefficient (Wildman–Crippen LogP) is 3.69. The van der Waals surface area contributed by atoms with Gasteiger partial charge in [-0.25, -0.2) is 0 Å². The van der Waals surface area contributed by atoms with Gasteiger partial charge in [0.15, 0.2) is 0 Å². The standard InChI is InChI=1S/C23H48Cl2N2O4/c24-19-22(28)11-3-1-2-7-15-30-16-8-4-12-26-13-5-9-17-31-18-10-6-14-27-21-23(29)20-25/h22-23,26-29H,1-21H2. The number of hydrogen-bond donors (Lipinski definition) is 4. The Morgan fingerprint density at radius 1 is 0.548 bits per heavy atom. The lowest BCUT2D eigenvalue weighted by Crippen LogP contribution is -2.28. The normalized spacial score (nSPS) is 13.5. The highest BCUT2D eigenvalue weighted by Crippen LogP contribution is 2.07. The van der Waals surface area contributed by atoms with Gasteiger partial charge in [-0.1, -0.05) is 19.3 Å². The smallest absolute Gasteiger partial charge is 0.0799 e. The molecule has 8 heteroatoms. The van der Waals surface area contributed by atoms with E-state index in [1.165, 1.54) is 0 Å². The monoisotopic (exact) mass is 486 g/mol. The molecule has 0 aliphatic carbocycles. The number of aliphatic hydroxyl groups is 2. The summed E-state index contributed by atoms with van der Waals surface area (Å²) in [4.78, 5) is 0. The molecule has 0 rings (SSSR count). The second-order valence-corrected chi connectivity index (χ2v) is 8.74. The molecule has 0 saturated heterocycles.